The summed E-state index contributed by atoms with van der Waals surface area (Å²) in [6.45, 7) is 11.4. The number of nitriles is 1. The van der Waals surface area contributed by atoms with E-state index in [1.54, 1.807) is 13.0 Å². The highest BCUT2D eigenvalue weighted by Gasteiger charge is 2.13. The van der Waals surface area contributed by atoms with Crippen LogP contribution in [0.15, 0.2) is 24.8 Å². The van der Waals surface area contributed by atoms with Crippen LogP contribution in [0.3, 0.4) is 0 Å². The molecule has 6 nitrogen and oxygen atoms in total. The van der Waals surface area contributed by atoms with Crippen LogP contribution in [0.25, 0.3) is 0 Å². The second-order valence-electron chi connectivity index (χ2n) is 3.29. The Labute approximate surface area is 118 Å². The molecule has 1 unspecified atom stereocenters. The smallest absolute Gasteiger partial charge is 0.350 e. The summed E-state index contributed by atoms with van der Waals surface area (Å²) in [5.74, 6) is -1.72. The van der Waals surface area contributed by atoms with Gasteiger partial charge in [-0.25, -0.2) is 9.59 Å². The van der Waals surface area contributed by atoms with E-state index in [0.717, 1.165) is 6.08 Å². The molecule has 1 atom stereocenters. The Hall–Kier alpha value is -2.20. The van der Waals surface area contributed by atoms with Gasteiger partial charge >= 0.3 is 11.9 Å². The molecule has 20 heavy (non-hydrogen) atoms. The van der Waals surface area contributed by atoms with Crippen LogP contribution in [0.5, 0.6) is 0 Å². The zero-order chi connectivity index (χ0) is 16.7. The first-order chi connectivity index (χ1) is 9.24. The number of halogens is 1. The molecular weight excluding hydrogens is 269 g/mol. The zero-order valence-electron chi connectivity index (χ0n) is 12.1. The molecule has 0 amide bonds. The lowest BCUT2D eigenvalue weighted by Gasteiger charge is -2.15. The molecule has 0 rings (SSSR count). The Morgan fingerprint density at radius 2 is 1.75 bits per heavy atom. The van der Waals surface area contributed by atoms with Gasteiger partial charge < -0.3 is 14.6 Å². The minimum Gasteiger partial charge on any atom is -0.478 e. The first kappa shape index (κ1) is 22.9. The van der Waals surface area contributed by atoms with Crippen LogP contribution in [0.4, 0.5) is 4.39 Å². The van der Waals surface area contributed by atoms with Gasteiger partial charge in [0, 0.05) is 6.08 Å². The predicted octanol–water partition coefficient (Wildman–Crippen LogP) is 2.22. The van der Waals surface area contributed by atoms with Crippen molar-refractivity contribution in [3.05, 3.63) is 24.8 Å². The van der Waals surface area contributed by atoms with Gasteiger partial charge in [0.2, 0.25) is 6.29 Å². The number of nitrogens with zero attached hydrogens (tertiary/aromatic N) is 1. The Bertz CT molecular complexity index is 360. The van der Waals surface area contributed by atoms with Gasteiger partial charge in [0.25, 0.3) is 0 Å². The zero-order valence-corrected chi connectivity index (χ0v) is 12.1. The van der Waals surface area contributed by atoms with Crippen LogP contribution in [0.1, 0.15) is 20.8 Å². The lowest BCUT2D eigenvalue weighted by atomic mass is 10.3. The summed E-state index contributed by atoms with van der Waals surface area (Å²) >= 11 is 0. The van der Waals surface area contributed by atoms with Gasteiger partial charge in [-0.3, -0.25) is 4.39 Å². The van der Waals surface area contributed by atoms with Crippen molar-refractivity contribution in [2.75, 3.05) is 7.18 Å². The van der Waals surface area contributed by atoms with E-state index in [0.29, 0.717) is 7.18 Å². The summed E-state index contributed by atoms with van der Waals surface area (Å²) in [6, 6.07) is 1.60. The molecule has 114 valence electrons. The number of esters is 1. The molecule has 0 spiro atoms. The van der Waals surface area contributed by atoms with Crippen LogP contribution in [0, 0.1) is 11.3 Å². The molecule has 0 aromatic heterocycles. The largest absolute Gasteiger partial charge is 0.478 e. The van der Waals surface area contributed by atoms with Crippen LogP contribution >= 0.6 is 0 Å². The molecule has 0 fully saturated rings. The molecule has 0 saturated heterocycles. The quantitative estimate of drug-likeness (QED) is 0.361. The highest BCUT2D eigenvalue weighted by atomic mass is 19.1. The normalized spacial score (nSPS) is 9.65. The van der Waals surface area contributed by atoms with E-state index in [-0.39, 0.29) is 11.7 Å². The first-order valence-corrected chi connectivity index (χ1v) is 5.43. The van der Waals surface area contributed by atoms with Gasteiger partial charge in [-0.1, -0.05) is 13.2 Å². The minimum atomic E-state index is -0.981. The van der Waals surface area contributed by atoms with Gasteiger partial charge in [0.15, 0.2) is 0 Å². The minimum absolute atomic E-state index is 0.0295. The number of aliphatic carboxylic acids is 1. The molecule has 0 bridgehead atoms. The van der Waals surface area contributed by atoms with Gasteiger partial charge in [-0.15, -0.1) is 0 Å². The molecule has 0 radical (unpaired) electrons. The Balaban J connectivity index is -0.000000346. The molecular formula is C13H20FNO5. The summed E-state index contributed by atoms with van der Waals surface area (Å²) in [5, 5.41) is 15.9. The average molecular weight is 289 g/mol. The molecule has 1 N–H and O–H groups in total. The monoisotopic (exact) mass is 289 g/mol. The fourth-order valence-electron chi connectivity index (χ4n) is 0.679. The number of alkyl halides is 1. The lowest BCUT2D eigenvalue weighted by Crippen LogP contribution is -2.21. The predicted molar refractivity (Wildman–Crippen MR) is 71.4 cm³/mol. The molecule has 0 aromatic carbocycles. The standard InChI is InChI=1S/C9H13NO3.C3H4O2.CH3F/c1-6(2)12-8(4)13-9(11)7(3)5-10;1-2-3(4)5;1-2/h6,8H,3H2,1-2,4H3;2H,1H2,(H,4,5);1H3. The topological polar surface area (TPSA) is 96.6 Å². The summed E-state index contributed by atoms with van der Waals surface area (Å²) in [7, 11) is 0.500. The fourth-order valence-corrected chi connectivity index (χ4v) is 0.679. The summed E-state index contributed by atoms with van der Waals surface area (Å²) in [6.07, 6.45) is 0.149. The molecule has 0 saturated carbocycles. The molecule has 7 heteroatoms. The van der Waals surface area contributed by atoms with E-state index in [2.05, 4.69) is 13.2 Å². The second kappa shape index (κ2) is 14.9. The van der Waals surface area contributed by atoms with Crippen molar-refractivity contribution in [3.63, 3.8) is 0 Å². The highest BCUT2D eigenvalue weighted by molar-refractivity contribution is 5.91. The number of carboxylic acid groups (broad SMARTS) is 1. The molecule has 0 aliphatic rings. The summed E-state index contributed by atoms with van der Waals surface area (Å²) in [5.41, 5.74) is -0.223. The van der Waals surface area contributed by atoms with Crippen molar-refractivity contribution < 1.29 is 28.6 Å². The van der Waals surface area contributed by atoms with E-state index >= 15 is 0 Å². The number of rotatable bonds is 5. The van der Waals surface area contributed by atoms with Crippen LogP contribution < -0.4 is 0 Å². The van der Waals surface area contributed by atoms with E-state index in [1.807, 2.05) is 13.8 Å². The summed E-state index contributed by atoms with van der Waals surface area (Å²) in [4.78, 5) is 20.2. The van der Waals surface area contributed by atoms with Crippen molar-refractivity contribution in [1.29, 1.82) is 5.26 Å². The lowest BCUT2D eigenvalue weighted by molar-refractivity contribution is -0.176. The van der Waals surface area contributed by atoms with Crippen molar-refractivity contribution in [3.8, 4) is 6.07 Å². The number of carbonyl (C=O) groups is 2. The van der Waals surface area contributed by atoms with E-state index in [9.17, 15) is 14.0 Å². The first-order valence-electron chi connectivity index (χ1n) is 5.43. The molecule has 0 heterocycles. The second-order valence-corrected chi connectivity index (χ2v) is 3.29. The maximum atomic E-state index is 10.9. The van der Waals surface area contributed by atoms with Crippen LogP contribution in [0.2, 0.25) is 0 Å². The van der Waals surface area contributed by atoms with Crippen molar-refractivity contribution in [2.24, 2.45) is 0 Å². The summed E-state index contributed by atoms with van der Waals surface area (Å²) < 4.78 is 19.4. The number of carbonyl (C=O) groups excluding carboxylic acids is 1. The number of hydrogen-bond acceptors (Lipinski definition) is 5. The fraction of sp³-hybridized carbons (Fsp3) is 0.462. The third-order valence-corrected chi connectivity index (χ3v) is 1.29. The SMILES string of the molecule is C=C(C#N)C(=O)OC(C)OC(C)C.C=CC(=O)O.CF. The van der Waals surface area contributed by atoms with Crippen molar-refractivity contribution in [2.45, 2.75) is 33.2 Å². The number of hydrogen-bond donors (Lipinski definition) is 1. The Morgan fingerprint density at radius 3 is 2.00 bits per heavy atom. The Kier molecular flexibility index (Phi) is 17.0. The van der Waals surface area contributed by atoms with Gasteiger partial charge in [-0.05, 0) is 20.8 Å². The molecule has 0 aliphatic carbocycles. The maximum Gasteiger partial charge on any atom is 0.350 e. The van der Waals surface area contributed by atoms with E-state index in [4.69, 9.17) is 19.8 Å². The Morgan fingerprint density at radius 1 is 1.35 bits per heavy atom. The van der Waals surface area contributed by atoms with Crippen molar-refractivity contribution >= 4 is 11.9 Å². The average Bonchev–Trinajstić information content (AvgIpc) is 2.39. The highest BCUT2D eigenvalue weighted by Crippen LogP contribution is 2.02. The third-order valence-electron chi connectivity index (χ3n) is 1.29. The van der Waals surface area contributed by atoms with Crippen LogP contribution in [-0.2, 0) is 19.1 Å². The van der Waals surface area contributed by atoms with Gasteiger partial charge in [0.05, 0.1) is 13.3 Å². The third kappa shape index (κ3) is 18.2. The van der Waals surface area contributed by atoms with E-state index in [1.165, 1.54) is 0 Å². The number of ether oxygens (including phenoxy) is 2. The molecule has 0 aromatic rings. The number of carboxylic acids is 1. The van der Waals surface area contributed by atoms with Crippen molar-refractivity contribution in [1.82, 2.24) is 0 Å². The van der Waals surface area contributed by atoms with E-state index < -0.39 is 18.2 Å². The van der Waals surface area contributed by atoms with Gasteiger partial charge in [0.1, 0.15) is 11.6 Å². The van der Waals surface area contributed by atoms with Gasteiger partial charge in [-0.2, -0.15) is 5.26 Å². The molecule has 0 aliphatic heterocycles. The maximum absolute atomic E-state index is 10.9. The van der Waals surface area contributed by atoms with Crippen LogP contribution in [-0.4, -0.2) is 36.6 Å².